The van der Waals surface area contributed by atoms with Crippen LogP contribution in [0.15, 0.2) is 18.5 Å². The molecule has 0 spiro atoms. The molecule has 0 saturated heterocycles. The molecule has 0 saturated carbocycles. The maximum atomic E-state index is 10.8. The zero-order chi connectivity index (χ0) is 10.3. The first-order chi connectivity index (χ1) is 6.59. The summed E-state index contributed by atoms with van der Waals surface area (Å²) in [5.41, 5.74) is 0.415. The molecule has 2 rings (SSSR count). The minimum absolute atomic E-state index is 0.0319. The van der Waals surface area contributed by atoms with Crippen LogP contribution in [0.4, 0.5) is 0 Å². The molecule has 72 valence electrons. The Hall–Kier alpha value is -1.26. The fourth-order valence-electron chi connectivity index (χ4n) is 1.17. The highest BCUT2D eigenvalue weighted by atomic mass is 35.5. The molecule has 0 aliphatic heterocycles. The standard InChI is InChI=1S/C8H4Cl2N2O2/c9-4-1-5(10)7-11-2-6(8(13)14)12(7)3-4/h1-3H,(H,13,14). The van der Waals surface area contributed by atoms with E-state index in [9.17, 15) is 4.79 Å². The number of aromatic carboxylic acids is 1. The number of aromatic nitrogens is 2. The molecule has 0 bridgehead atoms. The van der Waals surface area contributed by atoms with Crippen molar-refractivity contribution in [2.24, 2.45) is 0 Å². The second-order valence-corrected chi connectivity index (χ2v) is 3.49. The first kappa shape index (κ1) is 9.30. The monoisotopic (exact) mass is 230 g/mol. The van der Waals surface area contributed by atoms with Crippen molar-refractivity contribution in [3.05, 3.63) is 34.2 Å². The van der Waals surface area contributed by atoms with Crippen LogP contribution in [0.1, 0.15) is 10.5 Å². The molecule has 0 unspecified atom stereocenters. The third kappa shape index (κ3) is 1.32. The van der Waals surface area contributed by atoms with Gasteiger partial charge >= 0.3 is 5.97 Å². The first-order valence-corrected chi connectivity index (χ1v) is 4.40. The van der Waals surface area contributed by atoms with Crippen LogP contribution in [-0.4, -0.2) is 20.5 Å². The number of fused-ring (bicyclic) bond motifs is 1. The van der Waals surface area contributed by atoms with Gasteiger partial charge in [0.25, 0.3) is 0 Å². The molecule has 0 aliphatic rings. The van der Waals surface area contributed by atoms with Crippen LogP contribution in [0.2, 0.25) is 10.0 Å². The Balaban J connectivity index is 2.85. The number of nitrogens with zero attached hydrogens (tertiary/aromatic N) is 2. The second kappa shape index (κ2) is 3.15. The molecule has 0 radical (unpaired) electrons. The van der Waals surface area contributed by atoms with E-state index in [0.29, 0.717) is 15.7 Å². The van der Waals surface area contributed by atoms with Gasteiger partial charge in [0, 0.05) is 6.20 Å². The number of hydrogen-bond donors (Lipinski definition) is 1. The number of carboxylic acid groups (broad SMARTS) is 1. The van der Waals surface area contributed by atoms with Gasteiger partial charge in [-0.2, -0.15) is 0 Å². The van der Waals surface area contributed by atoms with Gasteiger partial charge in [-0.25, -0.2) is 9.78 Å². The van der Waals surface area contributed by atoms with E-state index in [4.69, 9.17) is 28.3 Å². The Bertz CT molecular complexity index is 521. The Morgan fingerprint density at radius 1 is 1.50 bits per heavy atom. The van der Waals surface area contributed by atoms with Gasteiger partial charge in [0.1, 0.15) is 0 Å². The van der Waals surface area contributed by atoms with E-state index in [1.165, 1.54) is 22.9 Å². The lowest BCUT2D eigenvalue weighted by atomic mass is 10.4. The molecule has 2 aromatic heterocycles. The van der Waals surface area contributed by atoms with Crippen molar-refractivity contribution in [1.29, 1.82) is 0 Å². The minimum atomic E-state index is -1.07. The third-order valence-corrected chi connectivity index (χ3v) is 2.23. The van der Waals surface area contributed by atoms with Gasteiger partial charge in [-0.1, -0.05) is 23.2 Å². The summed E-state index contributed by atoms with van der Waals surface area (Å²) in [6.45, 7) is 0. The van der Waals surface area contributed by atoms with Crippen LogP contribution in [0.5, 0.6) is 0 Å². The average molecular weight is 231 g/mol. The van der Waals surface area contributed by atoms with E-state index in [2.05, 4.69) is 4.98 Å². The van der Waals surface area contributed by atoms with Gasteiger partial charge in [-0.15, -0.1) is 0 Å². The van der Waals surface area contributed by atoms with Crippen molar-refractivity contribution < 1.29 is 9.90 Å². The molecule has 2 aromatic rings. The summed E-state index contributed by atoms with van der Waals surface area (Å²) in [4.78, 5) is 14.6. The Morgan fingerprint density at radius 2 is 2.21 bits per heavy atom. The highest BCUT2D eigenvalue weighted by molar-refractivity contribution is 6.36. The molecule has 2 heterocycles. The van der Waals surface area contributed by atoms with Crippen LogP contribution in [0.25, 0.3) is 5.65 Å². The largest absolute Gasteiger partial charge is 0.477 e. The lowest BCUT2D eigenvalue weighted by Crippen LogP contribution is -2.01. The van der Waals surface area contributed by atoms with Crippen molar-refractivity contribution in [3.8, 4) is 0 Å². The number of hydrogen-bond acceptors (Lipinski definition) is 2. The molecule has 0 fully saturated rings. The quantitative estimate of drug-likeness (QED) is 0.819. The van der Waals surface area contributed by atoms with Gasteiger partial charge in [0.15, 0.2) is 11.3 Å². The smallest absolute Gasteiger partial charge is 0.354 e. The molecule has 0 atom stereocenters. The van der Waals surface area contributed by atoms with E-state index in [0.717, 1.165) is 0 Å². The van der Waals surface area contributed by atoms with Gasteiger partial charge < -0.3 is 5.11 Å². The molecule has 6 heteroatoms. The van der Waals surface area contributed by atoms with Crippen molar-refractivity contribution >= 4 is 34.8 Å². The second-order valence-electron chi connectivity index (χ2n) is 2.65. The fourth-order valence-corrected chi connectivity index (χ4v) is 1.69. The van der Waals surface area contributed by atoms with Crippen molar-refractivity contribution in [2.75, 3.05) is 0 Å². The van der Waals surface area contributed by atoms with Gasteiger partial charge in [-0.3, -0.25) is 4.40 Å². The van der Waals surface area contributed by atoms with Crippen LogP contribution < -0.4 is 0 Å². The Morgan fingerprint density at radius 3 is 2.86 bits per heavy atom. The summed E-state index contributed by atoms with van der Waals surface area (Å²) in [7, 11) is 0. The maximum absolute atomic E-state index is 10.8. The van der Waals surface area contributed by atoms with Crippen molar-refractivity contribution in [1.82, 2.24) is 9.38 Å². The van der Waals surface area contributed by atoms with E-state index >= 15 is 0 Å². The zero-order valence-corrected chi connectivity index (χ0v) is 8.25. The first-order valence-electron chi connectivity index (χ1n) is 3.65. The summed E-state index contributed by atoms with van der Waals surface area (Å²) in [5.74, 6) is -1.07. The molecule has 4 nitrogen and oxygen atoms in total. The predicted octanol–water partition coefficient (Wildman–Crippen LogP) is 2.34. The van der Waals surface area contributed by atoms with Crippen molar-refractivity contribution in [2.45, 2.75) is 0 Å². The van der Waals surface area contributed by atoms with Crippen LogP contribution in [-0.2, 0) is 0 Å². The number of imidazole rings is 1. The van der Waals surface area contributed by atoms with E-state index in [-0.39, 0.29) is 5.69 Å². The van der Waals surface area contributed by atoms with Crippen LogP contribution >= 0.6 is 23.2 Å². The lowest BCUT2D eigenvalue weighted by molar-refractivity contribution is 0.0689. The van der Waals surface area contributed by atoms with Gasteiger partial charge in [0.2, 0.25) is 0 Å². The number of halogens is 2. The number of pyridine rings is 1. The van der Waals surface area contributed by atoms with Crippen LogP contribution in [0, 0.1) is 0 Å². The highest BCUT2D eigenvalue weighted by Gasteiger charge is 2.12. The highest BCUT2D eigenvalue weighted by Crippen LogP contribution is 2.22. The summed E-state index contributed by atoms with van der Waals surface area (Å²) < 4.78 is 1.34. The number of rotatable bonds is 1. The SMILES string of the molecule is O=C(O)c1cnc2c(Cl)cc(Cl)cn12. The molecule has 0 aliphatic carbocycles. The van der Waals surface area contributed by atoms with Gasteiger partial charge in [0.05, 0.1) is 16.2 Å². The predicted molar refractivity (Wildman–Crippen MR) is 52.2 cm³/mol. The number of carboxylic acids is 1. The van der Waals surface area contributed by atoms with Crippen molar-refractivity contribution in [3.63, 3.8) is 0 Å². The summed E-state index contributed by atoms with van der Waals surface area (Å²) in [6.07, 6.45) is 2.69. The molecule has 0 aromatic carbocycles. The van der Waals surface area contributed by atoms with Crippen LogP contribution in [0.3, 0.4) is 0 Å². The maximum Gasteiger partial charge on any atom is 0.354 e. The number of carbonyl (C=O) groups is 1. The fraction of sp³-hybridized carbons (Fsp3) is 0. The Kier molecular flexibility index (Phi) is 2.09. The molecule has 0 amide bonds. The summed E-state index contributed by atoms with van der Waals surface area (Å²) >= 11 is 11.6. The topological polar surface area (TPSA) is 54.6 Å². The summed E-state index contributed by atoms with van der Waals surface area (Å²) in [6, 6.07) is 1.51. The average Bonchev–Trinajstić information content (AvgIpc) is 2.47. The molecular formula is C8H4Cl2N2O2. The third-order valence-electron chi connectivity index (χ3n) is 1.75. The molecule has 1 N–H and O–H groups in total. The minimum Gasteiger partial charge on any atom is -0.477 e. The normalized spacial score (nSPS) is 10.7. The lowest BCUT2D eigenvalue weighted by Gasteiger charge is -1.99. The van der Waals surface area contributed by atoms with E-state index < -0.39 is 5.97 Å². The molecular weight excluding hydrogens is 227 g/mol. The van der Waals surface area contributed by atoms with Gasteiger partial charge in [-0.05, 0) is 6.07 Å². The van der Waals surface area contributed by atoms with E-state index in [1.54, 1.807) is 0 Å². The van der Waals surface area contributed by atoms with E-state index in [1.807, 2.05) is 0 Å². The molecule has 14 heavy (non-hydrogen) atoms. The zero-order valence-electron chi connectivity index (χ0n) is 6.74. The summed E-state index contributed by atoms with van der Waals surface area (Å²) in [5, 5.41) is 9.49. The Labute approximate surface area is 88.7 Å².